The van der Waals surface area contributed by atoms with E-state index >= 15 is 0 Å². The molecule has 0 bridgehead atoms. The lowest BCUT2D eigenvalue weighted by Gasteiger charge is -2.30. The number of hydrogen-bond donors (Lipinski definition) is 1. The Bertz CT molecular complexity index is 375. The van der Waals surface area contributed by atoms with Crippen LogP contribution in [-0.2, 0) is 4.74 Å². The van der Waals surface area contributed by atoms with Crippen molar-refractivity contribution in [1.82, 2.24) is 5.32 Å². The molecule has 1 saturated carbocycles. The van der Waals surface area contributed by atoms with Gasteiger partial charge in [-0.15, -0.1) is 0 Å². The summed E-state index contributed by atoms with van der Waals surface area (Å²) in [6.07, 6.45) is 4.93. The van der Waals surface area contributed by atoms with E-state index in [9.17, 15) is 4.39 Å². The van der Waals surface area contributed by atoms with Gasteiger partial charge in [-0.25, -0.2) is 4.39 Å². The van der Waals surface area contributed by atoms with E-state index in [1.54, 1.807) is 19.2 Å². The molecule has 1 atom stereocenters. The first-order valence-electron chi connectivity index (χ1n) is 6.73. The fourth-order valence-electron chi connectivity index (χ4n) is 2.69. The van der Waals surface area contributed by atoms with Crippen LogP contribution in [0.3, 0.4) is 0 Å². The van der Waals surface area contributed by atoms with Gasteiger partial charge in [0, 0.05) is 19.2 Å². The Morgan fingerprint density at radius 2 is 2.00 bits per heavy atom. The molecule has 1 N–H and O–H groups in total. The molecule has 0 spiro atoms. The van der Waals surface area contributed by atoms with Crippen molar-refractivity contribution in [3.8, 4) is 0 Å². The second-order valence-corrected chi connectivity index (χ2v) is 5.15. The van der Waals surface area contributed by atoms with Crippen molar-refractivity contribution in [3.63, 3.8) is 0 Å². The fraction of sp³-hybridized carbons (Fsp3) is 0.600. The number of halogens is 1. The van der Waals surface area contributed by atoms with Crippen LogP contribution in [-0.4, -0.2) is 19.3 Å². The summed E-state index contributed by atoms with van der Waals surface area (Å²) >= 11 is 0. The van der Waals surface area contributed by atoms with Gasteiger partial charge < -0.3 is 10.1 Å². The van der Waals surface area contributed by atoms with E-state index in [0.717, 1.165) is 31.2 Å². The van der Waals surface area contributed by atoms with Gasteiger partial charge in [0.05, 0.1) is 6.10 Å². The molecule has 0 unspecified atom stereocenters. The van der Waals surface area contributed by atoms with Crippen LogP contribution < -0.4 is 5.32 Å². The summed E-state index contributed by atoms with van der Waals surface area (Å²) in [5.74, 6) is -0.163. The second-order valence-electron chi connectivity index (χ2n) is 5.15. The molecule has 1 fully saturated rings. The highest BCUT2D eigenvalue weighted by Gasteiger charge is 2.22. The zero-order chi connectivity index (χ0) is 13.0. The van der Waals surface area contributed by atoms with Crippen molar-refractivity contribution in [2.24, 2.45) is 0 Å². The van der Waals surface area contributed by atoms with Crippen molar-refractivity contribution < 1.29 is 9.13 Å². The molecule has 1 aromatic rings. The molecule has 1 aromatic carbocycles. The highest BCUT2D eigenvalue weighted by atomic mass is 19.1. The van der Waals surface area contributed by atoms with E-state index in [-0.39, 0.29) is 11.9 Å². The van der Waals surface area contributed by atoms with Crippen LogP contribution in [0.25, 0.3) is 0 Å². The van der Waals surface area contributed by atoms with Crippen molar-refractivity contribution in [3.05, 3.63) is 35.6 Å². The Labute approximate surface area is 109 Å². The van der Waals surface area contributed by atoms with Gasteiger partial charge in [-0.3, -0.25) is 0 Å². The smallest absolute Gasteiger partial charge is 0.123 e. The number of rotatable bonds is 4. The lowest BCUT2D eigenvalue weighted by molar-refractivity contribution is 0.0614. The lowest BCUT2D eigenvalue weighted by atomic mass is 9.92. The first-order valence-corrected chi connectivity index (χ1v) is 6.73. The average molecular weight is 251 g/mol. The van der Waals surface area contributed by atoms with E-state index in [2.05, 4.69) is 12.2 Å². The third-order valence-corrected chi connectivity index (χ3v) is 3.84. The third kappa shape index (κ3) is 3.53. The molecule has 1 aliphatic rings. The van der Waals surface area contributed by atoms with Gasteiger partial charge in [0.1, 0.15) is 5.82 Å². The summed E-state index contributed by atoms with van der Waals surface area (Å²) < 4.78 is 18.5. The zero-order valence-electron chi connectivity index (χ0n) is 11.2. The Morgan fingerprint density at radius 1 is 1.28 bits per heavy atom. The van der Waals surface area contributed by atoms with Gasteiger partial charge in [0.2, 0.25) is 0 Å². The average Bonchev–Trinajstić information content (AvgIpc) is 2.39. The molecule has 2 nitrogen and oxygen atoms in total. The van der Waals surface area contributed by atoms with Gasteiger partial charge in [-0.05, 0) is 50.3 Å². The van der Waals surface area contributed by atoms with Crippen molar-refractivity contribution in [2.45, 2.75) is 50.8 Å². The quantitative estimate of drug-likeness (QED) is 0.885. The van der Waals surface area contributed by atoms with Gasteiger partial charge in [0.15, 0.2) is 0 Å². The summed E-state index contributed by atoms with van der Waals surface area (Å²) in [5.41, 5.74) is 1.02. The molecule has 0 aromatic heterocycles. The molecule has 100 valence electrons. The largest absolute Gasteiger partial charge is 0.381 e. The number of nitrogens with one attached hydrogen (secondary N) is 1. The molecule has 0 aliphatic heterocycles. The van der Waals surface area contributed by atoms with Gasteiger partial charge in [-0.2, -0.15) is 0 Å². The van der Waals surface area contributed by atoms with E-state index in [1.165, 1.54) is 6.07 Å². The van der Waals surface area contributed by atoms with Crippen LogP contribution >= 0.6 is 0 Å². The van der Waals surface area contributed by atoms with Crippen LogP contribution in [0.15, 0.2) is 24.3 Å². The van der Waals surface area contributed by atoms with Gasteiger partial charge in [-0.1, -0.05) is 12.1 Å². The number of ether oxygens (including phenoxy) is 1. The summed E-state index contributed by atoms with van der Waals surface area (Å²) in [6.45, 7) is 2.09. The highest BCUT2D eigenvalue weighted by molar-refractivity contribution is 5.19. The minimum absolute atomic E-state index is 0.163. The summed E-state index contributed by atoms with van der Waals surface area (Å²) in [7, 11) is 1.79. The van der Waals surface area contributed by atoms with E-state index in [0.29, 0.717) is 12.1 Å². The standard InChI is InChI=1S/C15H22FNO/c1-11(12-4-3-5-13(16)10-12)17-14-6-8-15(18-2)9-7-14/h3-5,10-11,14-15,17H,6-9H2,1-2H3/t11-,14?,15?/m1/s1. The summed E-state index contributed by atoms with van der Waals surface area (Å²) in [6, 6.07) is 7.56. The molecule has 0 heterocycles. The maximum Gasteiger partial charge on any atom is 0.123 e. The topological polar surface area (TPSA) is 21.3 Å². The predicted molar refractivity (Wildman–Crippen MR) is 71.0 cm³/mol. The number of benzene rings is 1. The Hall–Kier alpha value is -0.930. The Morgan fingerprint density at radius 3 is 2.61 bits per heavy atom. The van der Waals surface area contributed by atoms with Crippen molar-refractivity contribution >= 4 is 0 Å². The Balaban J connectivity index is 1.86. The van der Waals surface area contributed by atoms with Crippen LogP contribution in [0.5, 0.6) is 0 Å². The SMILES string of the molecule is COC1CCC(N[C@H](C)c2cccc(F)c2)CC1. The number of hydrogen-bond acceptors (Lipinski definition) is 2. The molecule has 1 aliphatic carbocycles. The summed E-state index contributed by atoms with van der Waals surface area (Å²) in [4.78, 5) is 0. The molecule has 18 heavy (non-hydrogen) atoms. The number of methoxy groups -OCH3 is 1. The second kappa shape index (κ2) is 6.30. The molecule has 3 heteroatoms. The van der Waals surface area contributed by atoms with Crippen molar-refractivity contribution in [2.75, 3.05) is 7.11 Å². The zero-order valence-corrected chi connectivity index (χ0v) is 11.2. The van der Waals surface area contributed by atoms with Gasteiger partial charge >= 0.3 is 0 Å². The van der Waals surface area contributed by atoms with E-state index < -0.39 is 0 Å². The molecule has 2 rings (SSSR count). The molecular weight excluding hydrogens is 229 g/mol. The van der Waals surface area contributed by atoms with Crippen LogP contribution in [0.2, 0.25) is 0 Å². The summed E-state index contributed by atoms with van der Waals surface area (Å²) in [5, 5.41) is 3.58. The predicted octanol–water partition coefficient (Wildman–Crippen LogP) is 3.43. The minimum atomic E-state index is -0.163. The van der Waals surface area contributed by atoms with Crippen LogP contribution in [0, 0.1) is 5.82 Å². The van der Waals surface area contributed by atoms with Crippen LogP contribution in [0.4, 0.5) is 4.39 Å². The Kier molecular flexibility index (Phi) is 4.72. The maximum absolute atomic E-state index is 13.2. The highest BCUT2D eigenvalue weighted by Crippen LogP contribution is 2.23. The minimum Gasteiger partial charge on any atom is -0.381 e. The fourth-order valence-corrected chi connectivity index (χ4v) is 2.69. The lowest BCUT2D eigenvalue weighted by Crippen LogP contribution is -2.36. The first-order chi connectivity index (χ1) is 8.69. The monoisotopic (exact) mass is 251 g/mol. The van der Waals surface area contributed by atoms with E-state index in [1.807, 2.05) is 6.07 Å². The molecule has 0 amide bonds. The van der Waals surface area contributed by atoms with Crippen molar-refractivity contribution in [1.29, 1.82) is 0 Å². The van der Waals surface area contributed by atoms with Gasteiger partial charge in [0.25, 0.3) is 0 Å². The normalized spacial score (nSPS) is 25.9. The molecule has 0 radical (unpaired) electrons. The maximum atomic E-state index is 13.2. The third-order valence-electron chi connectivity index (χ3n) is 3.84. The molecular formula is C15H22FNO. The molecule has 0 saturated heterocycles. The van der Waals surface area contributed by atoms with E-state index in [4.69, 9.17) is 4.74 Å². The first kappa shape index (κ1) is 13.5. The van der Waals surface area contributed by atoms with Crippen LogP contribution in [0.1, 0.15) is 44.2 Å².